The fourth-order valence-electron chi connectivity index (χ4n) is 2.58. The van der Waals surface area contributed by atoms with Gasteiger partial charge in [-0.2, -0.15) is 0 Å². The van der Waals surface area contributed by atoms with Gasteiger partial charge in [0.2, 0.25) is 0 Å². The van der Waals surface area contributed by atoms with Gasteiger partial charge in [-0.1, -0.05) is 19.1 Å². The Morgan fingerprint density at radius 2 is 2.11 bits per heavy atom. The van der Waals surface area contributed by atoms with Crippen LogP contribution >= 0.6 is 0 Å². The maximum atomic E-state index is 7.67. The third kappa shape index (κ3) is 2.48. The minimum Gasteiger partial charge on any atom is -0.384 e. The summed E-state index contributed by atoms with van der Waals surface area (Å²) in [6.45, 7) is 5.29. The zero-order valence-electron chi connectivity index (χ0n) is 11.2. The zero-order chi connectivity index (χ0) is 13.1. The van der Waals surface area contributed by atoms with Gasteiger partial charge in [0.1, 0.15) is 5.84 Å². The summed E-state index contributed by atoms with van der Waals surface area (Å²) in [5, 5.41) is 7.67. The maximum Gasteiger partial charge on any atom is 0.124 e. The number of hydrogen-bond acceptors (Lipinski definition) is 3. The molecule has 3 N–H and O–H groups in total. The normalized spacial score (nSPS) is 21.0. The van der Waals surface area contributed by atoms with Gasteiger partial charge in [-0.25, -0.2) is 0 Å². The Bertz CT molecular complexity index is 430. The van der Waals surface area contributed by atoms with Crippen molar-refractivity contribution in [2.45, 2.75) is 19.4 Å². The minimum atomic E-state index is 0.151. The van der Waals surface area contributed by atoms with Crippen molar-refractivity contribution in [2.75, 3.05) is 31.6 Å². The van der Waals surface area contributed by atoms with E-state index in [2.05, 4.69) is 29.8 Å². The molecule has 1 atom stereocenters. The van der Waals surface area contributed by atoms with E-state index in [0.29, 0.717) is 6.04 Å². The molecule has 1 aromatic rings. The average Bonchev–Trinajstić information content (AvgIpc) is 2.39. The second-order valence-electron chi connectivity index (χ2n) is 4.92. The summed E-state index contributed by atoms with van der Waals surface area (Å²) in [6, 6.07) is 8.53. The number of hydrogen-bond donors (Lipinski definition) is 2. The molecule has 0 spiro atoms. The molecule has 0 aromatic heterocycles. The van der Waals surface area contributed by atoms with Gasteiger partial charge >= 0.3 is 0 Å². The number of nitrogens with one attached hydrogen (secondary N) is 1. The van der Waals surface area contributed by atoms with Crippen LogP contribution in [0, 0.1) is 5.41 Å². The van der Waals surface area contributed by atoms with Crippen molar-refractivity contribution in [2.24, 2.45) is 5.73 Å². The minimum absolute atomic E-state index is 0.151. The summed E-state index contributed by atoms with van der Waals surface area (Å²) in [5.41, 5.74) is 7.60. The smallest absolute Gasteiger partial charge is 0.124 e. The average molecular weight is 246 g/mol. The molecule has 18 heavy (non-hydrogen) atoms. The second kappa shape index (κ2) is 5.40. The van der Waals surface area contributed by atoms with E-state index in [9.17, 15) is 0 Å². The molecule has 1 heterocycles. The Balaban J connectivity index is 2.24. The molecule has 0 bridgehead atoms. The first-order valence-corrected chi connectivity index (χ1v) is 6.52. The topological polar surface area (TPSA) is 56.4 Å². The summed E-state index contributed by atoms with van der Waals surface area (Å²) >= 11 is 0. The van der Waals surface area contributed by atoms with Gasteiger partial charge in [0.05, 0.1) is 0 Å². The van der Waals surface area contributed by atoms with Crippen LogP contribution in [0.2, 0.25) is 0 Å². The van der Waals surface area contributed by atoms with Crippen molar-refractivity contribution in [3.05, 3.63) is 29.8 Å². The van der Waals surface area contributed by atoms with Crippen LogP contribution in [0.25, 0.3) is 0 Å². The van der Waals surface area contributed by atoms with E-state index in [4.69, 9.17) is 11.1 Å². The molecule has 98 valence electrons. The number of rotatable bonds is 3. The predicted octanol–water partition coefficient (Wildman–Crippen LogP) is 1.50. The number of amidine groups is 1. The van der Waals surface area contributed by atoms with Crippen molar-refractivity contribution in [1.29, 1.82) is 5.41 Å². The molecule has 1 saturated heterocycles. The van der Waals surface area contributed by atoms with Gasteiger partial charge < -0.3 is 10.6 Å². The molecular weight excluding hydrogens is 224 g/mol. The highest BCUT2D eigenvalue weighted by atomic mass is 15.3. The molecule has 1 unspecified atom stereocenters. The van der Waals surface area contributed by atoms with Crippen LogP contribution in [0.5, 0.6) is 0 Å². The summed E-state index contributed by atoms with van der Waals surface area (Å²) in [6.07, 6.45) is 1.15. The van der Waals surface area contributed by atoms with Gasteiger partial charge in [0, 0.05) is 36.9 Å². The Morgan fingerprint density at radius 3 is 2.78 bits per heavy atom. The van der Waals surface area contributed by atoms with Crippen molar-refractivity contribution in [1.82, 2.24) is 4.90 Å². The Kier molecular flexibility index (Phi) is 3.87. The lowest BCUT2D eigenvalue weighted by molar-refractivity contribution is 0.213. The zero-order valence-corrected chi connectivity index (χ0v) is 11.2. The molecule has 1 fully saturated rings. The van der Waals surface area contributed by atoms with E-state index in [1.165, 1.54) is 0 Å². The fraction of sp³-hybridized carbons (Fsp3) is 0.500. The van der Waals surface area contributed by atoms with E-state index in [1.54, 1.807) is 0 Å². The number of piperazine rings is 1. The number of nitrogen functional groups attached to an aromatic ring is 1. The highest BCUT2D eigenvalue weighted by molar-refractivity contribution is 6.00. The van der Waals surface area contributed by atoms with Crippen LogP contribution in [-0.4, -0.2) is 43.5 Å². The number of likely N-dealkylation sites (N-methyl/N-ethyl adjacent to an activating group) is 1. The number of nitrogens with two attached hydrogens (primary N) is 1. The van der Waals surface area contributed by atoms with Gasteiger partial charge in [-0.15, -0.1) is 0 Å². The van der Waals surface area contributed by atoms with E-state index < -0.39 is 0 Å². The summed E-state index contributed by atoms with van der Waals surface area (Å²) in [5.74, 6) is 0.151. The van der Waals surface area contributed by atoms with Gasteiger partial charge in [0.25, 0.3) is 0 Å². The van der Waals surface area contributed by atoms with E-state index >= 15 is 0 Å². The molecular formula is C14H22N4. The molecule has 2 rings (SSSR count). The Morgan fingerprint density at radius 1 is 1.39 bits per heavy atom. The standard InChI is InChI=1S/C14H22N4/c1-3-11-10-18(9-8-17(11)2)13-7-5-4-6-12(13)14(15)16/h4-7,11H,3,8-10H2,1-2H3,(H3,15,16). The fourth-order valence-corrected chi connectivity index (χ4v) is 2.58. The lowest BCUT2D eigenvalue weighted by Gasteiger charge is -2.41. The summed E-state index contributed by atoms with van der Waals surface area (Å²) in [7, 11) is 2.18. The van der Waals surface area contributed by atoms with E-state index in [0.717, 1.165) is 37.3 Å². The van der Waals surface area contributed by atoms with Crippen LogP contribution in [0.3, 0.4) is 0 Å². The monoisotopic (exact) mass is 246 g/mol. The van der Waals surface area contributed by atoms with Crippen LogP contribution in [-0.2, 0) is 0 Å². The molecule has 1 aliphatic rings. The molecule has 0 amide bonds. The lowest BCUT2D eigenvalue weighted by atomic mass is 10.1. The van der Waals surface area contributed by atoms with Crippen molar-refractivity contribution in [3.8, 4) is 0 Å². The molecule has 4 nitrogen and oxygen atoms in total. The summed E-state index contributed by atoms with van der Waals surface area (Å²) < 4.78 is 0. The molecule has 1 aliphatic heterocycles. The summed E-state index contributed by atoms with van der Waals surface area (Å²) in [4.78, 5) is 4.76. The number of anilines is 1. The van der Waals surface area contributed by atoms with Crippen LogP contribution < -0.4 is 10.6 Å². The molecule has 0 radical (unpaired) electrons. The molecule has 0 aliphatic carbocycles. The SMILES string of the molecule is CCC1CN(c2ccccc2C(=N)N)CCN1C. The largest absolute Gasteiger partial charge is 0.384 e. The quantitative estimate of drug-likeness (QED) is 0.628. The first kappa shape index (κ1) is 12.9. The maximum absolute atomic E-state index is 7.67. The first-order valence-electron chi connectivity index (χ1n) is 6.52. The third-order valence-electron chi connectivity index (χ3n) is 3.78. The van der Waals surface area contributed by atoms with E-state index in [-0.39, 0.29) is 5.84 Å². The molecule has 0 saturated carbocycles. The van der Waals surface area contributed by atoms with Crippen molar-refractivity contribution >= 4 is 11.5 Å². The highest BCUT2D eigenvalue weighted by Gasteiger charge is 2.24. The van der Waals surface area contributed by atoms with Crippen molar-refractivity contribution < 1.29 is 0 Å². The number of benzene rings is 1. The molecule has 1 aromatic carbocycles. The predicted molar refractivity (Wildman–Crippen MR) is 76.4 cm³/mol. The van der Waals surface area contributed by atoms with Crippen LogP contribution in [0.1, 0.15) is 18.9 Å². The van der Waals surface area contributed by atoms with Crippen LogP contribution in [0.4, 0.5) is 5.69 Å². The Hall–Kier alpha value is -1.55. The van der Waals surface area contributed by atoms with Gasteiger partial charge in [-0.05, 0) is 25.6 Å². The van der Waals surface area contributed by atoms with Crippen molar-refractivity contribution in [3.63, 3.8) is 0 Å². The van der Waals surface area contributed by atoms with E-state index in [1.807, 2.05) is 18.2 Å². The van der Waals surface area contributed by atoms with Gasteiger partial charge in [-0.3, -0.25) is 10.3 Å². The molecule has 4 heteroatoms. The van der Waals surface area contributed by atoms with Gasteiger partial charge in [0.15, 0.2) is 0 Å². The first-order chi connectivity index (χ1) is 8.63. The van der Waals surface area contributed by atoms with Crippen LogP contribution in [0.15, 0.2) is 24.3 Å². The lowest BCUT2D eigenvalue weighted by Crippen LogP contribution is -2.51. The Labute approximate surface area is 109 Å². The highest BCUT2D eigenvalue weighted by Crippen LogP contribution is 2.23. The third-order valence-corrected chi connectivity index (χ3v) is 3.78. The number of para-hydroxylation sites is 1. The number of nitrogens with zero attached hydrogens (tertiary/aromatic N) is 2. The second-order valence-corrected chi connectivity index (χ2v) is 4.92.